The summed E-state index contributed by atoms with van der Waals surface area (Å²) >= 11 is 0. The van der Waals surface area contributed by atoms with E-state index in [4.69, 9.17) is 9.47 Å². The minimum atomic E-state index is -0.582. The van der Waals surface area contributed by atoms with Gasteiger partial charge >= 0.3 is 0 Å². The summed E-state index contributed by atoms with van der Waals surface area (Å²) in [4.78, 5) is 26.0. The Morgan fingerprint density at radius 2 is 1.08 bits per heavy atom. The summed E-state index contributed by atoms with van der Waals surface area (Å²) in [7, 11) is 1.93. The fraction of sp³-hybridized carbons (Fsp3) is 0.136. The van der Waals surface area contributed by atoms with Crippen molar-refractivity contribution < 1.29 is 19.1 Å². The Labute approximate surface area is 290 Å². The Kier molecular flexibility index (Phi) is 6.71. The largest absolute Gasteiger partial charge is 0.492 e. The predicted molar refractivity (Wildman–Crippen MR) is 196 cm³/mol. The monoisotopic (exact) mass is 654 g/mol. The van der Waals surface area contributed by atoms with Crippen molar-refractivity contribution in [3.63, 3.8) is 0 Å². The van der Waals surface area contributed by atoms with E-state index in [9.17, 15) is 9.59 Å². The maximum Gasteiger partial charge on any atom is 0.255 e. The zero-order valence-electron chi connectivity index (χ0n) is 27.7. The molecule has 1 aliphatic carbocycles. The Bertz CT molecular complexity index is 2300. The van der Waals surface area contributed by atoms with Crippen LogP contribution in [-0.2, 0) is 10.8 Å². The average Bonchev–Trinajstić information content (AvgIpc) is 3.82. The van der Waals surface area contributed by atoms with Gasteiger partial charge in [-0.3, -0.25) is 9.59 Å². The Morgan fingerprint density at radius 3 is 1.62 bits per heavy atom. The minimum absolute atomic E-state index is 0.00731. The van der Waals surface area contributed by atoms with E-state index < -0.39 is 10.8 Å². The Balaban J connectivity index is 1.07. The van der Waals surface area contributed by atoms with Gasteiger partial charge in [-0.25, -0.2) is 0 Å². The number of anilines is 2. The van der Waals surface area contributed by atoms with Crippen LogP contribution in [0.4, 0.5) is 11.4 Å². The van der Waals surface area contributed by atoms with Crippen molar-refractivity contribution in [3.8, 4) is 22.6 Å². The molecule has 1 spiro atoms. The molecule has 50 heavy (non-hydrogen) atoms. The molecule has 2 heterocycles. The fourth-order valence-electron chi connectivity index (χ4n) is 8.24. The summed E-state index contributed by atoms with van der Waals surface area (Å²) < 4.78 is 12.2. The third kappa shape index (κ3) is 4.27. The van der Waals surface area contributed by atoms with E-state index in [1.54, 1.807) is 19.1 Å². The molecule has 0 fully saturated rings. The molecule has 0 aromatic heterocycles. The van der Waals surface area contributed by atoms with E-state index in [2.05, 4.69) is 95.6 Å². The van der Waals surface area contributed by atoms with Crippen molar-refractivity contribution in [2.75, 3.05) is 30.9 Å². The molecule has 6 nitrogen and oxygen atoms in total. The molecule has 6 heteroatoms. The summed E-state index contributed by atoms with van der Waals surface area (Å²) in [6, 6.07) is 45.3. The lowest BCUT2D eigenvalue weighted by Gasteiger charge is -2.34. The number of rotatable bonds is 6. The van der Waals surface area contributed by atoms with Gasteiger partial charge in [0.05, 0.1) is 10.8 Å². The van der Waals surface area contributed by atoms with Gasteiger partial charge in [0.15, 0.2) is 5.78 Å². The normalized spacial score (nSPS) is 17.2. The van der Waals surface area contributed by atoms with Crippen LogP contribution in [0, 0.1) is 0 Å². The summed E-state index contributed by atoms with van der Waals surface area (Å²) in [6.07, 6.45) is 0. The highest BCUT2D eigenvalue weighted by atomic mass is 16.5. The van der Waals surface area contributed by atoms with Crippen molar-refractivity contribution in [3.05, 3.63) is 178 Å². The van der Waals surface area contributed by atoms with Crippen molar-refractivity contribution >= 4 is 23.1 Å². The highest BCUT2D eigenvalue weighted by Gasteiger charge is 2.49. The first-order chi connectivity index (χ1) is 24.4. The van der Waals surface area contributed by atoms with E-state index >= 15 is 0 Å². The molecule has 9 rings (SSSR count). The predicted octanol–water partition coefficient (Wildman–Crippen LogP) is 8.62. The van der Waals surface area contributed by atoms with Crippen LogP contribution in [0.5, 0.6) is 11.5 Å². The zero-order valence-corrected chi connectivity index (χ0v) is 27.7. The highest BCUT2D eigenvalue weighted by Crippen LogP contribution is 2.56. The van der Waals surface area contributed by atoms with Gasteiger partial charge in [0.25, 0.3) is 5.91 Å². The molecule has 0 radical (unpaired) electrons. The molecular formula is C44H34N2O4. The van der Waals surface area contributed by atoms with Crippen LogP contribution in [0.1, 0.15) is 61.0 Å². The number of hydrogen-bond acceptors (Lipinski definition) is 5. The van der Waals surface area contributed by atoms with Gasteiger partial charge in [-0.1, -0.05) is 72.8 Å². The van der Waals surface area contributed by atoms with Crippen LogP contribution in [-0.4, -0.2) is 32.0 Å². The van der Waals surface area contributed by atoms with E-state index in [1.165, 1.54) is 27.8 Å². The number of carbonyl (C=O) groups is 2. The molecule has 1 unspecified atom stereocenters. The number of fused-ring (bicyclic) bond motifs is 7. The van der Waals surface area contributed by atoms with Gasteiger partial charge < -0.3 is 20.1 Å². The van der Waals surface area contributed by atoms with E-state index in [-0.39, 0.29) is 11.7 Å². The second kappa shape index (κ2) is 11.2. The molecule has 2 N–H and O–H groups in total. The van der Waals surface area contributed by atoms with E-state index in [1.807, 2.05) is 43.4 Å². The first-order valence-corrected chi connectivity index (χ1v) is 16.9. The summed E-state index contributed by atoms with van der Waals surface area (Å²) in [5.41, 5.74) is 10.8. The molecule has 0 saturated heterocycles. The molecule has 0 bridgehead atoms. The zero-order chi connectivity index (χ0) is 34.0. The number of Topliss-reactive ketones (excluding diaryl/α,β-unsaturated/α-hetero) is 1. The van der Waals surface area contributed by atoms with Crippen LogP contribution in [0.15, 0.2) is 133 Å². The second-order valence-electron chi connectivity index (χ2n) is 13.3. The minimum Gasteiger partial charge on any atom is -0.492 e. The molecule has 6 aromatic carbocycles. The second-order valence-corrected chi connectivity index (χ2v) is 13.3. The molecule has 244 valence electrons. The Hall–Kier alpha value is -6.14. The van der Waals surface area contributed by atoms with Crippen LogP contribution in [0.3, 0.4) is 0 Å². The molecule has 1 amide bonds. The number of amides is 1. The summed E-state index contributed by atoms with van der Waals surface area (Å²) in [5.74, 6) is 1.24. The van der Waals surface area contributed by atoms with Crippen LogP contribution in [0.2, 0.25) is 0 Å². The molecular weight excluding hydrogens is 620 g/mol. The maximum atomic E-state index is 13.8. The number of ether oxygens (including phenoxy) is 2. The van der Waals surface area contributed by atoms with Crippen molar-refractivity contribution in [1.29, 1.82) is 0 Å². The van der Waals surface area contributed by atoms with E-state index in [0.717, 1.165) is 33.9 Å². The summed E-state index contributed by atoms with van der Waals surface area (Å²) in [6.45, 7) is 2.33. The number of ketones is 1. The third-order valence-electron chi connectivity index (χ3n) is 10.7. The molecule has 0 saturated carbocycles. The molecule has 1 atom stereocenters. The SMILES string of the molecule is CNc1ccc(C2(c3ccc(NC(=O)c4ccc5c(c4)C4(COc6ccc(C(C)=O)cc64)CO5)cc3)c3ccccc3-c3ccccc32)cc1. The molecule has 6 aromatic rings. The fourth-order valence-corrected chi connectivity index (χ4v) is 8.24. The van der Waals surface area contributed by atoms with E-state index in [0.29, 0.717) is 30.0 Å². The van der Waals surface area contributed by atoms with Gasteiger partial charge in [-0.15, -0.1) is 0 Å². The number of hydrogen-bond donors (Lipinski definition) is 2. The van der Waals surface area contributed by atoms with Gasteiger partial charge in [0, 0.05) is 40.7 Å². The van der Waals surface area contributed by atoms with Gasteiger partial charge in [0.2, 0.25) is 0 Å². The summed E-state index contributed by atoms with van der Waals surface area (Å²) in [5, 5.41) is 6.38. The van der Waals surface area contributed by atoms with Gasteiger partial charge in [0.1, 0.15) is 24.7 Å². The van der Waals surface area contributed by atoms with Crippen molar-refractivity contribution in [2.24, 2.45) is 0 Å². The highest BCUT2D eigenvalue weighted by molar-refractivity contribution is 6.04. The Morgan fingerprint density at radius 1 is 0.580 bits per heavy atom. The first-order valence-electron chi connectivity index (χ1n) is 16.9. The lowest BCUT2D eigenvalue weighted by atomic mass is 9.67. The lowest BCUT2D eigenvalue weighted by Crippen LogP contribution is -2.31. The quantitative estimate of drug-likeness (QED) is 0.176. The number of nitrogens with one attached hydrogen (secondary N) is 2. The smallest absolute Gasteiger partial charge is 0.255 e. The topological polar surface area (TPSA) is 76.7 Å². The average molecular weight is 655 g/mol. The van der Waals surface area contributed by atoms with Gasteiger partial charge in [-0.05, 0) is 101 Å². The maximum absolute atomic E-state index is 13.8. The molecule has 2 aliphatic heterocycles. The number of benzene rings is 6. The van der Waals surface area contributed by atoms with Crippen molar-refractivity contribution in [2.45, 2.75) is 17.8 Å². The van der Waals surface area contributed by atoms with Crippen LogP contribution in [0.25, 0.3) is 11.1 Å². The standard InChI is InChI=1S/C44H34N2O4/c1-27(47)28-11-21-40-38(23-28)43(25-49-40)26-50-41-22-12-29(24-39(41)43)42(48)46-33-19-15-31(16-20-33)44(30-13-17-32(45-2)18-14-30)36-9-5-3-7-34(36)35-8-4-6-10-37(35)44/h3-24,45H,25-26H2,1-2H3,(H,46,48). The lowest BCUT2D eigenvalue weighted by molar-refractivity contribution is 0.101. The van der Waals surface area contributed by atoms with Crippen LogP contribution >= 0.6 is 0 Å². The third-order valence-corrected chi connectivity index (χ3v) is 10.7. The van der Waals surface area contributed by atoms with Crippen LogP contribution < -0.4 is 20.1 Å². The first kappa shape index (κ1) is 30.0. The van der Waals surface area contributed by atoms with Gasteiger partial charge in [-0.2, -0.15) is 0 Å². The molecule has 3 aliphatic rings. The van der Waals surface area contributed by atoms with Crippen molar-refractivity contribution in [1.82, 2.24) is 0 Å². The number of carbonyl (C=O) groups excluding carboxylic acids is 2.